The van der Waals surface area contributed by atoms with Crippen molar-refractivity contribution in [1.82, 2.24) is 0 Å². The van der Waals surface area contributed by atoms with Crippen LogP contribution in [0.3, 0.4) is 0 Å². The average molecular weight is 246 g/mol. The minimum atomic E-state index is -0.321. The molecule has 0 radical (unpaired) electrons. The highest BCUT2D eigenvalue weighted by atomic mass is 16.1. The van der Waals surface area contributed by atoms with Crippen molar-refractivity contribution in [3.8, 4) is 0 Å². The first-order valence-electron chi connectivity index (χ1n) is 6.83. The van der Waals surface area contributed by atoms with Gasteiger partial charge >= 0.3 is 0 Å². The molecule has 98 valence electrons. The van der Waals surface area contributed by atoms with Gasteiger partial charge in [0.25, 0.3) is 0 Å². The van der Waals surface area contributed by atoms with Gasteiger partial charge in [0.05, 0.1) is 0 Å². The normalized spacial score (nSPS) is 19.9. The van der Waals surface area contributed by atoms with Crippen LogP contribution in [-0.4, -0.2) is 18.5 Å². The number of piperidine rings is 1. The summed E-state index contributed by atoms with van der Waals surface area (Å²) in [7, 11) is 0. The first-order valence-corrected chi connectivity index (χ1v) is 6.83. The number of nitrogens with two attached hydrogens (primary N) is 1. The molecule has 1 aromatic carbocycles. The Balaban J connectivity index is 2.43. The second kappa shape index (κ2) is 5.42. The topological polar surface area (TPSA) is 46.3 Å². The van der Waals surface area contributed by atoms with Crippen LogP contribution in [0, 0.1) is 0 Å². The number of hydrogen-bond acceptors (Lipinski definition) is 2. The van der Waals surface area contributed by atoms with Gasteiger partial charge in [-0.15, -0.1) is 0 Å². The molecule has 0 aliphatic carbocycles. The third-order valence-electron chi connectivity index (χ3n) is 3.88. The number of carbonyl (C=O) groups excluding carboxylic acids is 1. The summed E-state index contributed by atoms with van der Waals surface area (Å²) in [6.07, 6.45) is 4.60. The molecule has 1 heterocycles. The number of carbonyl (C=O) groups is 1. The fourth-order valence-electron chi connectivity index (χ4n) is 2.90. The predicted octanol–water partition coefficient (Wildman–Crippen LogP) is 2.73. The van der Waals surface area contributed by atoms with Crippen LogP contribution in [0.4, 0.5) is 5.69 Å². The molecule has 0 saturated carbocycles. The van der Waals surface area contributed by atoms with E-state index in [1.54, 1.807) is 0 Å². The molecule has 1 aromatic rings. The molecule has 1 saturated heterocycles. The molecule has 1 amide bonds. The Hall–Kier alpha value is -1.51. The summed E-state index contributed by atoms with van der Waals surface area (Å²) < 4.78 is 0. The molecule has 0 aromatic heterocycles. The summed E-state index contributed by atoms with van der Waals surface area (Å²) >= 11 is 0. The van der Waals surface area contributed by atoms with Gasteiger partial charge in [-0.2, -0.15) is 0 Å². The first kappa shape index (κ1) is 12.9. The highest BCUT2D eigenvalue weighted by Crippen LogP contribution is 2.30. The van der Waals surface area contributed by atoms with Gasteiger partial charge in [-0.25, -0.2) is 0 Å². The van der Waals surface area contributed by atoms with Crippen LogP contribution < -0.4 is 10.6 Å². The lowest BCUT2D eigenvalue weighted by Gasteiger charge is -2.37. The van der Waals surface area contributed by atoms with Crippen molar-refractivity contribution < 1.29 is 4.79 Å². The highest BCUT2D eigenvalue weighted by Gasteiger charge is 2.22. The number of hydrogen-bond donors (Lipinski definition) is 1. The van der Waals surface area contributed by atoms with E-state index in [4.69, 9.17) is 5.73 Å². The van der Waals surface area contributed by atoms with Crippen LogP contribution in [0.2, 0.25) is 0 Å². The van der Waals surface area contributed by atoms with Crippen molar-refractivity contribution in [2.75, 3.05) is 11.4 Å². The zero-order chi connectivity index (χ0) is 13.1. The van der Waals surface area contributed by atoms with E-state index in [0.717, 1.165) is 18.5 Å². The van der Waals surface area contributed by atoms with Crippen LogP contribution in [-0.2, 0) is 6.42 Å². The van der Waals surface area contributed by atoms with Gasteiger partial charge < -0.3 is 10.6 Å². The van der Waals surface area contributed by atoms with Gasteiger partial charge in [0, 0.05) is 23.8 Å². The molecule has 1 aliphatic rings. The van der Waals surface area contributed by atoms with Crippen LogP contribution in [0.15, 0.2) is 18.2 Å². The third kappa shape index (κ3) is 2.35. The van der Waals surface area contributed by atoms with Crippen molar-refractivity contribution in [1.29, 1.82) is 0 Å². The number of primary amides is 1. The van der Waals surface area contributed by atoms with Gasteiger partial charge in [-0.3, -0.25) is 4.79 Å². The molecule has 18 heavy (non-hydrogen) atoms. The molecule has 1 fully saturated rings. The number of nitrogens with zero attached hydrogens (tertiary/aromatic N) is 1. The van der Waals surface area contributed by atoms with Crippen LogP contribution >= 0.6 is 0 Å². The second-order valence-corrected chi connectivity index (χ2v) is 5.06. The molecule has 0 bridgehead atoms. The van der Waals surface area contributed by atoms with E-state index >= 15 is 0 Å². The van der Waals surface area contributed by atoms with Crippen LogP contribution in [0.25, 0.3) is 0 Å². The summed E-state index contributed by atoms with van der Waals surface area (Å²) in [4.78, 5) is 13.9. The Bertz CT molecular complexity index is 442. The standard InChI is InChI=1S/C15H22N2O/c1-3-12-13(15(16)18)8-6-9-14(12)17-10-5-4-7-11(17)2/h6,8-9,11H,3-5,7,10H2,1-2H3,(H2,16,18). The van der Waals surface area contributed by atoms with Crippen molar-refractivity contribution >= 4 is 11.6 Å². The maximum absolute atomic E-state index is 11.5. The van der Waals surface area contributed by atoms with E-state index in [0.29, 0.717) is 11.6 Å². The number of benzene rings is 1. The third-order valence-corrected chi connectivity index (χ3v) is 3.88. The number of anilines is 1. The Morgan fingerprint density at radius 1 is 1.44 bits per heavy atom. The van der Waals surface area contributed by atoms with E-state index in [1.807, 2.05) is 12.1 Å². The largest absolute Gasteiger partial charge is 0.369 e. The van der Waals surface area contributed by atoms with Crippen LogP contribution in [0.1, 0.15) is 49.0 Å². The number of amides is 1. The molecule has 2 rings (SSSR count). The first-order chi connectivity index (χ1) is 8.65. The molecule has 3 nitrogen and oxygen atoms in total. The number of rotatable bonds is 3. The summed E-state index contributed by atoms with van der Waals surface area (Å²) in [5, 5.41) is 0. The van der Waals surface area contributed by atoms with E-state index < -0.39 is 0 Å². The molecule has 2 N–H and O–H groups in total. The zero-order valence-electron chi connectivity index (χ0n) is 11.3. The van der Waals surface area contributed by atoms with Crippen molar-refractivity contribution in [2.24, 2.45) is 5.73 Å². The Kier molecular flexibility index (Phi) is 3.90. The zero-order valence-corrected chi connectivity index (χ0v) is 11.3. The average Bonchev–Trinajstić information content (AvgIpc) is 2.38. The van der Waals surface area contributed by atoms with E-state index in [-0.39, 0.29) is 5.91 Å². The van der Waals surface area contributed by atoms with E-state index in [9.17, 15) is 4.79 Å². The molecular formula is C15H22N2O. The molecule has 1 unspecified atom stereocenters. The van der Waals surface area contributed by atoms with E-state index in [2.05, 4.69) is 24.8 Å². The maximum Gasteiger partial charge on any atom is 0.249 e. The lowest BCUT2D eigenvalue weighted by molar-refractivity contribution is 0.0999. The lowest BCUT2D eigenvalue weighted by Crippen LogP contribution is -2.38. The maximum atomic E-state index is 11.5. The minimum Gasteiger partial charge on any atom is -0.369 e. The Morgan fingerprint density at radius 3 is 2.83 bits per heavy atom. The summed E-state index contributed by atoms with van der Waals surface area (Å²) in [6, 6.07) is 6.44. The van der Waals surface area contributed by atoms with E-state index in [1.165, 1.54) is 24.9 Å². The smallest absolute Gasteiger partial charge is 0.249 e. The van der Waals surface area contributed by atoms with Gasteiger partial charge in [0.15, 0.2) is 0 Å². The molecular weight excluding hydrogens is 224 g/mol. The fraction of sp³-hybridized carbons (Fsp3) is 0.533. The van der Waals surface area contributed by atoms with Crippen molar-refractivity contribution in [3.05, 3.63) is 29.3 Å². The molecule has 0 spiro atoms. The van der Waals surface area contributed by atoms with Gasteiger partial charge in [-0.05, 0) is 50.3 Å². The molecule has 3 heteroatoms. The Morgan fingerprint density at radius 2 is 2.22 bits per heavy atom. The summed E-state index contributed by atoms with van der Waals surface area (Å²) in [6.45, 7) is 5.42. The highest BCUT2D eigenvalue weighted by molar-refractivity contribution is 5.96. The second-order valence-electron chi connectivity index (χ2n) is 5.06. The Labute approximate surface area is 109 Å². The minimum absolute atomic E-state index is 0.321. The van der Waals surface area contributed by atoms with Crippen molar-refractivity contribution in [2.45, 2.75) is 45.6 Å². The molecule has 1 aliphatic heterocycles. The van der Waals surface area contributed by atoms with Gasteiger partial charge in [-0.1, -0.05) is 13.0 Å². The molecule has 1 atom stereocenters. The fourth-order valence-corrected chi connectivity index (χ4v) is 2.90. The quantitative estimate of drug-likeness (QED) is 0.891. The predicted molar refractivity (Wildman–Crippen MR) is 75.0 cm³/mol. The van der Waals surface area contributed by atoms with Gasteiger partial charge in [0.2, 0.25) is 5.91 Å². The van der Waals surface area contributed by atoms with Gasteiger partial charge in [0.1, 0.15) is 0 Å². The van der Waals surface area contributed by atoms with Crippen molar-refractivity contribution in [3.63, 3.8) is 0 Å². The summed E-state index contributed by atoms with van der Waals surface area (Å²) in [5.41, 5.74) is 8.43. The lowest BCUT2D eigenvalue weighted by atomic mass is 9.97. The summed E-state index contributed by atoms with van der Waals surface area (Å²) in [5.74, 6) is -0.321. The SMILES string of the molecule is CCc1c(C(N)=O)cccc1N1CCCCC1C. The monoisotopic (exact) mass is 246 g/mol. The van der Waals surface area contributed by atoms with Crippen LogP contribution in [0.5, 0.6) is 0 Å².